The van der Waals surface area contributed by atoms with Crippen LogP contribution in [-0.4, -0.2) is 30.0 Å². The van der Waals surface area contributed by atoms with Gasteiger partial charge < -0.3 is 10.0 Å². The SMILES string of the molecule is CC(O)c1c(Cl)ccc(C(=O)N(C)C)c1Cl. The fourth-order valence-electron chi connectivity index (χ4n) is 1.36. The third-order valence-corrected chi connectivity index (χ3v) is 2.92. The van der Waals surface area contributed by atoms with Gasteiger partial charge in [0.2, 0.25) is 0 Å². The molecule has 0 saturated heterocycles. The molecule has 1 N–H and O–H groups in total. The zero-order valence-corrected chi connectivity index (χ0v) is 10.8. The highest BCUT2D eigenvalue weighted by Crippen LogP contribution is 2.33. The quantitative estimate of drug-likeness (QED) is 0.890. The van der Waals surface area contributed by atoms with E-state index < -0.39 is 6.10 Å². The van der Waals surface area contributed by atoms with Gasteiger partial charge in [-0.15, -0.1) is 0 Å². The summed E-state index contributed by atoms with van der Waals surface area (Å²) in [5, 5.41) is 10.1. The molecule has 0 heterocycles. The van der Waals surface area contributed by atoms with E-state index in [2.05, 4.69) is 0 Å². The molecule has 88 valence electrons. The predicted octanol–water partition coefficient (Wildman–Crippen LogP) is 2.75. The largest absolute Gasteiger partial charge is 0.389 e. The number of aliphatic hydroxyl groups is 1. The molecule has 0 aliphatic carbocycles. The molecule has 1 unspecified atom stereocenters. The van der Waals surface area contributed by atoms with Crippen LogP contribution in [0.5, 0.6) is 0 Å². The van der Waals surface area contributed by atoms with Gasteiger partial charge in [0.05, 0.1) is 16.7 Å². The Balaban J connectivity index is 3.35. The number of nitrogens with zero attached hydrogens (tertiary/aromatic N) is 1. The van der Waals surface area contributed by atoms with E-state index in [-0.39, 0.29) is 10.9 Å². The van der Waals surface area contributed by atoms with Crippen LogP contribution in [0.2, 0.25) is 10.0 Å². The minimum absolute atomic E-state index is 0.209. The Bertz CT molecular complexity index is 417. The minimum Gasteiger partial charge on any atom is -0.389 e. The van der Waals surface area contributed by atoms with Crippen LogP contribution in [0.3, 0.4) is 0 Å². The van der Waals surface area contributed by atoms with Crippen LogP contribution < -0.4 is 0 Å². The molecule has 0 aliphatic rings. The first-order chi connectivity index (χ1) is 7.36. The van der Waals surface area contributed by atoms with E-state index in [4.69, 9.17) is 23.2 Å². The van der Waals surface area contributed by atoms with E-state index >= 15 is 0 Å². The molecule has 5 heteroatoms. The van der Waals surface area contributed by atoms with E-state index in [9.17, 15) is 9.90 Å². The minimum atomic E-state index is -0.810. The molecule has 3 nitrogen and oxygen atoms in total. The first-order valence-corrected chi connectivity index (χ1v) is 5.49. The van der Waals surface area contributed by atoms with Crippen molar-refractivity contribution in [1.29, 1.82) is 0 Å². The van der Waals surface area contributed by atoms with Crippen LogP contribution >= 0.6 is 23.2 Å². The molecule has 16 heavy (non-hydrogen) atoms. The maximum absolute atomic E-state index is 11.8. The summed E-state index contributed by atoms with van der Waals surface area (Å²) < 4.78 is 0. The third-order valence-electron chi connectivity index (χ3n) is 2.18. The van der Waals surface area contributed by atoms with Gasteiger partial charge in [0, 0.05) is 24.7 Å². The van der Waals surface area contributed by atoms with E-state index in [1.165, 1.54) is 4.90 Å². The molecule has 0 radical (unpaired) electrons. The molecule has 1 rings (SSSR count). The highest BCUT2D eigenvalue weighted by atomic mass is 35.5. The maximum Gasteiger partial charge on any atom is 0.254 e. The summed E-state index contributed by atoms with van der Waals surface area (Å²) >= 11 is 12.0. The van der Waals surface area contributed by atoms with E-state index in [1.54, 1.807) is 33.2 Å². The second kappa shape index (κ2) is 5.04. The Labute approximate surface area is 105 Å². The molecule has 1 aromatic rings. The van der Waals surface area contributed by atoms with Crippen LogP contribution in [0.4, 0.5) is 0 Å². The zero-order valence-electron chi connectivity index (χ0n) is 9.29. The number of rotatable bonds is 2. The van der Waals surface area contributed by atoms with E-state index in [0.29, 0.717) is 16.1 Å². The van der Waals surface area contributed by atoms with E-state index in [0.717, 1.165) is 0 Å². The van der Waals surface area contributed by atoms with Crippen molar-refractivity contribution in [3.05, 3.63) is 33.3 Å². The van der Waals surface area contributed by atoms with Crippen molar-refractivity contribution >= 4 is 29.1 Å². The Hall–Kier alpha value is -0.770. The molecule has 0 aliphatic heterocycles. The van der Waals surface area contributed by atoms with Gasteiger partial charge in [-0.25, -0.2) is 0 Å². The average Bonchev–Trinajstić information content (AvgIpc) is 2.16. The second-order valence-corrected chi connectivity index (χ2v) is 4.48. The fraction of sp³-hybridized carbons (Fsp3) is 0.364. The second-order valence-electron chi connectivity index (χ2n) is 3.70. The van der Waals surface area contributed by atoms with Crippen molar-refractivity contribution in [3.63, 3.8) is 0 Å². The summed E-state index contributed by atoms with van der Waals surface area (Å²) in [4.78, 5) is 13.2. The zero-order chi connectivity index (χ0) is 12.5. The van der Waals surface area contributed by atoms with Gasteiger partial charge in [0.1, 0.15) is 0 Å². The summed E-state index contributed by atoms with van der Waals surface area (Å²) in [6.07, 6.45) is -0.810. The number of benzene rings is 1. The van der Waals surface area contributed by atoms with Crippen molar-refractivity contribution in [2.24, 2.45) is 0 Å². The van der Waals surface area contributed by atoms with Gasteiger partial charge >= 0.3 is 0 Å². The van der Waals surface area contributed by atoms with Gasteiger partial charge in [0.15, 0.2) is 0 Å². The molecule has 0 aromatic heterocycles. The topological polar surface area (TPSA) is 40.5 Å². The normalized spacial score (nSPS) is 12.4. The lowest BCUT2D eigenvalue weighted by Crippen LogP contribution is -2.22. The smallest absolute Gasteiger partial charge is 0.254 e. The van der Waals surface area contributed by atoms with Crippen molar-refractivity contribution in [2.75, 3.05) is 14.1 Å². The number of carbonyl (C=O) groups is 1. The lowest BCUT2D eigenvalue weighted by Gasteiger charge is -2.16. The van der Waals surface area contributed by atoms with Crippen molar-refractivity contribution < 1.29 is 9.90 Å². The highest BCUT2D eigenvalue weighted by molar-refractivity contribution is 6.38. The number of amides is 1. The predicted molar refractivity (Wildman–Crippen MR) is 65.1 cm³/mol. The first-order valence-electron chi connectivity index (χ1n) is 4.74. The van der Waals surface area contributed by atoms with E-state index in [1.807, 2.05) is 0 Å². The van der Waals surface area contributed by atoms with Crippen LogP contribution in [0.1, 0.15) is 28.9 Å². The molecule has 1 amide bonds. The molecule has 0 saturated carbocycles. The lowest BCUT2D eigenvalue weighted by molar-refractivity contribution is 0.0827. The summed E-state index contributed by atoms with van der Waals surface area (Å²) in [6.45, 7) is 1.55. The molecule has 0 fully saturated rings. The van der Waals surface area contributed by atoms with Crippen molar-refractivity contribution in [2.45, 2.75) is 13.0 Å². The molecule has 1 atom stereocenters. The molecule has 0 spiro atoms. The molecular weight excluding hydrogens is 249 g/mol. The van der Waals surface area contributed by atoms with Gasteiger partial charge in [-0.05, 0) is 19.1 Å². The number of halogens is 2. The summed E-state index contributed by atoms with van der Waals surface area (Å²) in [6, 6.07) is 3.12. The molecular formula is C11H13Cl2NO2. The van der Waals surface area contributed by atoms with Crippen LogP contribution in [0.15, 0.2) is 12.1 Å². The number of hydrogen-bond acceptors (Lipinski definition) is 2. The average molecular weight is 262 g/mol. The van der Waals surface area contributed by atoms with Crippen molar-refractivity contribution in [1.82, 2.24) is 4.90 Å². The summed E-state index contributed by atoms with van der Waals surface area (Å²) in [5.74, 6) is -0.219. The Morgan fingerprint density at radius 2 is 1.94 bits per heavy atom. The Morgan fingerprint density at radius 3 is 2.38 bits per heavy atom. The van der Waals surface area contributed by atoms with Crippen LogP contribution in [0, 0.1) is 0 Å². The van der Waals surface area contributed by atoms with Crippen LogP contribution in [0.25, 0.3) is 0 Å². The Morgan fingerprint density at radius 1 is 1.38 bits per heavy atom. The molecule has 1 aromatic carbocycles. The van der Waals surface area contributed by atoms with Gasteiger partial charge in [-0.3, -0.25) is 4.79 Å². The Kier molecular flexibility index (Phi) is 4.19. The number of aliphatic hydroxyl groups excluding tert-OH is 1. The molecule has 0 bridgehead atoms. The lowest BCUT2D eigenvalue weighted by atomic mass is 10.1. The van der Waals surface area contributed by atoms with Gasteiger partial charge in [-0.1, -0.05) is 23.2 Å². The summed E-state index contributed by atoms with van der Waals surface area (Å²) in [7, 11) is 3.27. The monoisotopic (exact) mass is 261 g/mol. The van der Waals surface area contributed by atoms with Gasteiger partial charge in [0.25, 0.3) is 5.91 Å². The highest BCUT2D eigenvalue weighted by Gasteiger charge is 2.19. The van der Waals surface area contributed by atoms with Crippen molar-refractivity contribution in [3.8, 4) is 0 Å². The fourth-order valence-corrected chi connectivity index (χ4v) is 2.13. The third kappa shape index (κ3) is 2.48. The summed E-state index contributed by atoms with van der Waals surface area (Å²) in [5.41, 5.74) is 0.725. The number of carbonyl (C=O) groups excluding carboxylic acids is 1. The first kappa shape index (κ1) is 13.3. The standard InChI is InChI=1S/C11H13Cl2NO2/c1-6(15)9-8(12)5-4-7(10(9)13)11(16)14(2)3/h4-6,15H,1-3H3. The van der Waals surface area contributed by atoms with Crippen LogP contribution in [-0.2, 0) is 0 Å². The van der Waals surface area contributed by atoms with Gasteiger partial charge in [-0.2, -0.15) is 0 Å². The number of hydrogen-bond donors (Lipinski definition) is 1. The maximum atomic E-state index is 11.8.